The molecular formula is C14H10ClNO4. The molecule has 0 unspecified atom stereocenters. The van der Waals surface area contributed by atoms with Gasteiger partial charge in [-0.2, -0.15) is 0 Å². The standard InChI is InChI=1S/C14H10ClNO4/c1-18-14(17)8-5-12-13(6-9(8)16)19-10-3-2-7(15)4-11(10)20-12/h2-6H,16H2,1H3. The zero-order chi connectivity index (χ0) is 14.3. The summed E-state index contributed by atoms with van der Waals surface area (Å²) < 4.78 is 16.0. The maximum Gasteiger partial charge on any atom is 0.340 e. The molecule has 2 aromatic rings. The maximum absolute atomic E-state index is 11.6. The van der Waals surface area contributed by atoms with Crippen LogP contribution in [0.1, 0.15) is 10.4 Å². The Labute approximate surface area is 119 Å². The van der Waals surface area contributed by atoms with E-state index in [1.165, 1.54) is 19.2 Å². The summed E-state index contributed by atoms with van der Waals surface area (Å²) in [4.78, 5) is 11.6. The van der Waals surface area contributed by atoms with Crippen LogP contribution >= 0.6 is 11.6 Å². The molecule has 1 heterocycles. The molecule has 0 atom stereocenters. The molecule has 0 saturated carbocycles. The monoisotopic (exact) mass is 291 g/mol. The molecule has 0 spiro atoms. The number of halogens is 1. The van der Waals surface area contributed by atoms with E-state index in [0.29, 0.717) is 28.0 Å². The minimum atomic E-state index is -0.536. The Balaban J connectivity index is 2.06. The molecule has 1 aliphatic heterocycles. The van der Waals surface area contributed by atoms with Gasteiger partial charge in [0.05, 0.1) is 18.4 Å². The molecular weight excluding hydrogens is 282 g/mol. The summed E-state index contributed by atoms with van der Waals surface area (Å²) in [5.74, 6) is 1.29. The van der Waals surface area contributed by atoms with Gasteiger partial charge < -0.3 is 19.9 Å². The van der Waals surface area contributed by atoms with E-state index in [2.05, 4.69) is 4.74 Å². The molecule has 2 aromatic carbocycles. The smallest absolute Gasteiger partial charge is 0.340 e. The average Bonchev–Trinajstić information content (AvgIpc) is 2.44. The third-order valence-electron chi connectivity index (χ3n) is 2.87. The number of fused-ring (bicyclic) bond motifs is 2. The average molecular weight is 292 g/mol. The molecule has 20 heavy (non-hydrogen) atoms. The summed E-state index contributed by atoms with van der Waals surface area (Å²) in [6.07, 6.45) is 0. The van der Waals surface area contributed by atoms with Gasteiger partial charge in [-0.1, -0.05) is 11.6 Å². The Kier molecular flexibility index (Phi) is 2.91. The molecule has 6 heteroatoms. The molecule has 102 valence electrons. The molecule has 3 rings (SSSR count). The Morgan fingerprint density at radius 2 is 1.75 bits per heavy atom. The molecule has 5 nitrogen and oxygen atoms in total. The van der Waals surface area contributed by atoms with Crippen molar-refractivity contribution in [3.8, 4) is 23.0 Å². The fraction of sp³-hybridized carbons (Fsp3) is 0.0714. The van der Waals surface area contributed by atoms with E-state index in [-0.39, 0.29) is 11.3 Å². The number of anilines is 1. The van der Waals surface area contributed by atoms with Crippen LogP contribution in [-0.2, 0) is 4.74 Å². The van der Waals surface area contributed by atoms with Crippen LogP contribution in [0, 0.1) is 0 Å². The first-order valence-corrected chi connectivity index (χ1v) is 6.13. The number of hydrogen-bond acceptors (Lipinski definition) is 5. The van der Waals surface area contributed by atoms with Gasteiger partial charge in [0.25, 0.3) is 0 Å². The molecule has 0 saturated heterocycles. The fourth-order valence-electron chi connectivity index (χ4n) is 1.90. The van der Waals surface area contributed by atoms with E-state index >= 15 is 0 Å². The van der Waals surface area contributed by atoms with Crippen molar-refractivity contribution in [2.24, 2.45) is 0 Å². The molecule has 1 aliphatic rings. The Hall–Kier alpha value is -2.40. The number of benzene rings is 2. The first-order valence-electron chi connectivity index (χ1n) is 5.75. The van der Waals surface area contributed by atoms with Crippen molar-refractivity contribution < 1.29 is 19.0 Å². The highest BCUT2D eigenvalue weighted by Crippen LogP contribution is 2.47. The second kappa shape index (κ2) is 4.61. The van der Waals surface area contributed by atoms with Crippen molar-refractivity contribution in [2.45, 2.75) is 0 Å². The summed E-state index contributed by atoms with van der Waals surface area (Å²) in [6, 6.07) is 8.04. The van der Waals surface area contributed by atoms with E-state index in [1.807, 2.05) is 0 Å². The van der Waals surface area contributed by atoms with Gasteiger partial charge in [0.2, 0.25) is 0 Å². The lowest BCUT2D eigenvalue weighted by atomic mass is 10.1. The van der Waals surface area contributed by atoms with Crippen LogP contribution < -0.4 is 15.2 Å². The number of carbonyl (C=O) groups excluding carboxylic acids is 1. The van der Waals surface area contributed by atoms with E-state index in [0.717, 1.165) is 0 Å². The number of nitrogen functional groups attached to an aromatic ring is 1. The lowest BCUT2D eigenvalue weighted by molar-refractivity contribution is 0.0601. The van der Waals surface area contributed by atoms with Crippen molar-refractivity contribution in [3.63, 3.8) is 0 Å². The summed E-state index contributed by atoms with van der Waals surface area (Å²) in [5, 5.41) is 0.527. The molecule has 0 aromatic heterocycles. The van der Waals surface area contributed by atoms with Crippen molar-refractivity contribution in [1.82, 2.24) is 0 Å². The van der Waals surface area contributed by atoms with Gasteiger partial charge in [0, 0.05) is 23.2 Å². The van der Waals surface area contributed by atoms with Crippen LogP contribution in [0.25, 0.3) is 0 Å². The fourth-order valence-corrected chi connectivity index (χ4v) is 2.07. The van der Waals surface area contributed by atoms with Crippen LogP contribution in [0.2, 0.25) is 5.02 Å². The number of carbonyl (C=O) groups is 1. The van der Waals surface area contributed by atoms with Crippen molar-refractivity contribution >= 4 is 23.3 Å². The number of rotatable bonds is 1. The number of methoxy groups -OCH3 is 1. The van der Waals surface area contributed by atoms with Gasteiger partial charge in [-0.15, -0.1) is 0 Å². The van der Waals surface area contributed by atoms with E-state index < -0.39 is 5.97 Å². The highest BCUT2D eigenvalue weighted by molar-refractivity contribution is 6.30. The van der Waals surface area contributed by atoms with Crippen molar-refractivity contribution in [2.75, 3.05) is 12.8 Å². The summed E-state index contributed by atoms with van der Waals surface area (Å²) in [6.45, 7) is 0. The first-order chi connectivity index (χ1) is 9.58. The highest BCUT2D eigenvalue weighted by Gasteiger charge is 2.23. The van der Waals surface area contributed by atoms with Gasteiger partial charge in [0.1, 0.15) is 0 Å². The lowest BCUT2D eigenvalue weighted by Crippen LogP contribution is -2.08. The van der Waals surface area contributed by atoms with Gasteiger partial charge in [-0.25, -0.2) is 4.79 Å². The number of hydrogen-bond donors (Lipinski definition) is 1. The van der Waals surface area contributed by atoms with Crippen LogP contribution in [-0.4, -0.2) is 13.1 Å². The summed E-state index contributed by atoms with van der Waals surface area (Å²) in [7, 11) is 1.29. The normalized spacial score (nSPS) is 11.7. The van der Waals surface area contributed by atoms with Gasteiger partial charge in [-0.05, 0) is 12.1 Å². The third kappa shape index (κ3) is 2.02. The van der Waals surface area contributed by atoms with Crippen LogP contribution in [0.5, 0.6) is 23.0 Å². The third-order valence-corrected chi connectivity index (χ3v) is 3.10. The van der Waals surface area contributed by atoms with E-state index in [9.17, 15) is 4.79 Å². The molecule has 0 aliphatic carbocycles. The molecule has 0 radical (unpaired) electrons. The maximum atomic E-state index is 11.6. The number of esters is 1. The highest BCUT2D eigenvalue weighted by atomic mass is 35.5. The van der Waals surface area contributed by atoms with Gasteiger partial charge in [-0.3, -0.25) is 0 Å². The van der Waals surface area contributed by atoms with Crippen molar-refractivity contribution in [1.29, 1.82) is 0 Å². The predicted molar refractivity (Wildman–Crippen MR) is 73.8 cm³/mol. The summed E-state index contributed by atoms with van der Waals surface area (Å²) in [5.41, 5.74) is 6.29. The van der Waals surface area contributed by atoms with Crippen LogP contribution in [0.4, 0.5) is 5.69 Å². The molecule has 0 amide bonds. The van der Waals surface area contributed by atoms with Gasteiger partial charge >= 0.3 is 5.97 Å². The second-order valence-electron chi connectivity index (χ2n) is 4.17. The Bertz CT molecular complexity index is 715. The zero-order valence-corrected chi connectivity index (χ0v) is 11.2. The SMILES string of the molecule is COC(=O)c1cc2c(cc1N)Oc1ccc(Cl)cc1O2. The minimum Gasteiger partial charge on any atom is -0.465 e. The quantitative estimate of drug-likeness (QED) is 0.548. The number of ether oxygens (including phenoxy) is 3. The van der Waals surface area contributed by atoms with E-state index in [4.69, 9.17) is 26.8 Å². The lowest BCUT2D eigenvalue weighted by Gasteiger charge is -2.21. The predicted octanol–water partition coefficient (Wildman–Crippen LogP) is 3.61. The van der Waals surface area contributed by atoms with Gasteiger partial charge in [0.15, 0.2) is 23.0 Å². The largest absolute Gasteiger partial charge is 0.465 e. The number of nitrogens with two attached hydrogens (primary N) is 1. The molecule has 0 fully saturated rings. The minimum absolute atomic E-state index is 0.223. The Morgan fingerprint density at radius 3 is 2.50 bits per heavy atom. The molecule has 0 bridgehead atoms. The summed E-state index contributed by atoms with van der Waals surface area (Å²) >= 11 is 5.90. The van der Waals surface area contributed by atoms with Crippen LogP contribution in [0.15, 0.2) is 30.3 Å². The topological polar surface area (TPSA) is 70.8 Å². The zero-order valence-electron chi connectivity index (χ0n) is 10.5. The van der Waals surface area contributed by atoms with Crippen molar-refractivity contribution in [3.05, 3.63) is 40.9 Å². The molecule has 2 N–H and O–H groups in total. The Morgan fingerprint density at radius 1 is 1.10 bits per heavy atom. The van der Waals surface area contributed by atoms with Crippen LogP contribution in [0.3, 0.4) is 0 Å². The second-order valence-corrected chi connectivity index (χ2v) is 4.61. The van der Waals surface area contributed by atoms with E-state index in [1.54, 1.807) is 18.2 Å². The first kappa shape index (κ1) is 12.6.